The van der Waals surface area contributed by atoms with Crippen molar-refractivity contribution in [1.29, 1.82) is 0 Å². The Kier molecular flexibility index (Phi) is 9.98. The number of hydrogen-bond acceptors (Lipinski definition) is 7. The Hall–Kier alpha value is -4.46. The minimum absolute atomic E-state index is 0.00150. The molecular formula is C28H28ClFN6O3. The standard InChI is InChI=1S/C28H28ClFN6O3/c1-6-19-8-10-26(31-16-19)33-28(38)22-14-21(29)15-25(39-5)27(22)36(18-37)24-9-7-20(13-23(24)30)17-32-35(4)12-11-34(2)3/h1,7-10,13-18H,11-12H2,2-5H3,(H,31,33,38). The maximum Gasteiger partial charge on any atom is 0.259 e. The second kappa shape index (κ2) is 13.4. The number of carbonyl (C=O) groups excluding carboxylic acids is 2. The van der Waals surface area contributed by atoms with Gasteiger partial charge in [-0.2, -0.15) is 5.10 Å². The van der Waals surface area contributed by atoms with Crippen LogP contribution in [0.2, 0.25) is 5.02 Å². The third-order valence-corrected chi connectivity index (χ3v) is 5.75. The molecule has 0 aliphatic carbocycles. The summed E-state index contributed by atoms with van der Waals surface area (Å²) in [5, 5.41) is 8.86. The highest BCUT2D eigenvalue weighted by atomic mass is 35.5. The topological polar surface area (TPSA) is 90.4 Å². The molecule has 0 aliphatic heterocycles. The molecule has 0 saturated heterocycles. The molecule has 11 heteroatoms. The summed E-state index contributed by atoms with van der Waals surface area (Å²) in [5.74, 6) is 1.38. The monoisotopic (exact) mass is 550 g/mol. The summed E-state index contributed by atoms with van der Waals surface area (Å²) in [5.41, 5.74) is 0.880. The highest BCUT2D eigenvalue weighted by Gasteiger charge is 2.26. The highest BCUT2D eigenvalue weighted by molar-refractivity contribution is 6.31. The molecule has 0 aliphatic rings. The Labute approximate surface area is 231 Å². The van der Waals surface area contributed by atoms with Crippen molar-refractivity contribution in [2.24, 2.45) is 5.10 Å². The quantitative estimate of drug-likeness (QED) is 0.166. The molecule has 1 aromatic heterocycles. The van der Waals surface area contributed by atoms with Gasteiger partial charge in [0.15, 0.2) is 0 Å². The fourth-order valence-corrected chi connectivity index (χ4v) is 3.69. The number of ether oxygens (including phenoxy) is 1. The van der Waals surface area contributed by atoms with Crippen LogP contribution in [0.4, 0.5) is 21.6 Å². The van der Waals surface area contributed by atoms with Crippen molar-refractivity contribution in [2.75, 3.05) is 51.6 Å². The van der Waals surface area contributed by atoms with Gasteiger partial charge >= 0.3 is 0 Å². The first kappa shape index (κ1) is 29.1. The van der Waals surface area contributed by atoms with Gasteiger partial charge in [-0.1, -0.05) is 23.6 Å². The SMILES string of the molecule is C#Cc1ccc(NC(=O)c2cc(Cl)cc(OC)c2N(C=O)c2ccc(C=NN(C)CCN(C)C)cc2F)nc1. The zero-order valence-electron chi connectivity index (χ0n) is 22.0. The van der Waals surface area contributed by atoms with Crippen LogP contribution in [0.3, 0.4) is 0 Å². The van der Waals surface area contributed by atoms with Crippen molar-refractivity contribution in [2.45, 2.75) is 0 Å². The molecule has 0 unspecified atom stereocenters. The average Bonchev–Trinajstić information content (AvgIpc) is 2.92. The van der Waals surface area contributed by atoms with Gasteiger partial charge in [0.2, 0.25) is 6.41 Å². The van der Waals surface area contributed by atoms with Crippen molar-refractivity contribution in [1.82, 2.24) is 14.9 Å². The largest absolute Gasteiger partial charge is 0.494 e. The van der Waals surface area contributed by atoms with Crippen LogP contribution in [0.1, 0.15) is 21.5 Å². The maximum atomic E-state index is 15.3. The number of aromatic nitrogens is 1. The number of nitrogens with zero attached hydrogens (tertiary/aromatic N) is 5. The Bertz CT molecular complexity index is 1410. The summed E-state index contributed by atoms with van der Waals surface area (Å²) in [6.07, 6.45) is 8.69. The molecular weight excluding hydrogens is 523 g/mol. The Morgan fingerprint density at radius 2 is 1.97 bits per heavy atom. The van der Waals surface area contributed by atoms with E-state index in [1.54, 1.807) is 17.1 Å². The molecule has 0 bridgehead atoms. The van der Waals surface area contributed by atoms with Gasteiger partial charge in [-0.3, -0.25) is 19.5 Å². The first-order valence-electron chi connectivity index (χ1n) is 11.7. The van der Waals surface area contributed by atoms with Gasteiger partial charge in [0, 0.05) is 43.0 Å². The van der Waals surface area contributed by atoms with Gasteiger partial charge in [0.25, 0.3) is 5.91 Å². The lowest BCUT2D eigenvalue weighted by atomic mass is 10.1. The lowest BCUT2D eigenvalue weighted by molar-refractivity contribution is -0.106. The average molecular weight is 551 g/mol. The molecule has 1 heterocycles. The number of hydrogen-bond donors (Lipinski definition) is 1. The van der Waals surface area contributed by atoms with Crippen LogP contribution in [0.15, 0.2) is 53.8 Å². The molecule has 3 rings (SSSR count). The van der Waals surface area contributed by atoms with Crippen molar-refractivity contribution in [3.8, 4) is 18.1 Å². The molecule has 9 nitrogen and oxygen atoms in total. The third-order valence-electron chi connectivity index (χ3n) is 5.53. The normalized spacial score (nSPS) is 10.8. The fourth-order valence-electron chi connectivity index (χ4n) is 3.48. The summed E-state index contributed by atoms with van der Waals surface area (Å²) in [6, 6.07) is 10.2. The minimum Gasteiger partial charge on any atom is -0.494 e. The number of likely N-dealkylation sites (N-methyl/N-ethyl adjacent to an activating group) is 2. The Morgan fingerprint density at radius 3 is 2.56 bits per heavy atom. The van der Waals surface area contributed by atoms with Gasteiger partial charge in [0.05, 0.1) is 24.6 Å². The van der Waals surface area contributed by atoms with Crippen LogP contribution in [0, 0.1) is 18.2 Å². The summed E-state index contributed by atoms with van der Waals surface area (Å²) in [6.45, 7) is 1.49. The van der Waals surface area contributed by atoms with Crippen LogP contribution in [0.25, 0.3) is 0 Å². The molecule has 1 N–H and O–H groups in total. The van der Waals surface area contributed by atoms with Crippen LogP contribution in [-0.2, 0) is 4.79 Å². The van der Waals surface area contributed by atoms with Crippen molar-refractivity contribution in [3.63, 3.8) is 0 Å². The van der Waals surface area contributed by atoms with Crippen molar-refractivity contribution >= 4 is 47.3 Å². The van der Waals surface area contributed by atoms with E-state index in [2.05, 4.69) is 21.3 Å². The van der Waals surface area contributed by atoms with Crippen LogP contribution < -0.4 is 15.0 Å². The summed E-state index contributed by atoms with van der Waals surface area (Å²) in [7, 11) is 7.09. The molecule has 0 saturated carbocycles. The Balaban J connectivity index is 1.97. The van der Waals surface area contributed by atoms with E-state index in [-0.39, 0.29) is 33.5 Å². The molecule has 0 radical (unpaired) electrons. The van der Waals surface area contributed by atoms with Gasteiger partial charge in [0.1, 0.15) is 23.1 Å². The predicted molar refractivity (Wildman–Crippen MR) is 152 cm³/mol. The smallest absolute Gasteiger partial charge is 0.259 e. The molecule has 2 aromatic carbocycles. The molecule has 0 fully saturated rings. The van der Waals surface area contributed by atoms with Crippen LogP contribution >= 0.6 is 11.6 Å². The summed E-state index contributed by atoms with van der Waals surface area (Å²) >= 11 is 6.23. The van der Waals surface area contributed by atoms with E-state index in [9.17, 15) is 9.59 Å². The van der Waals surface area contributed by atoms with E-state index in [0.29, 0.717) is 24.1 Å². The minimum atomic E-state index is -0.711. The second-order valence-corrected chi connectivity index (χ2v) is 9.09. The number of halogens is 2. The molecule has 2 amide bonds. The molecule has 0 atom stereocenters. The third kappa shape index (κ3) is 7.54. The number of terminal acetylenes is 1. The van der Waals surface area contributed by atoms with Gasteiger partial charge in [-0.15, -0.1) is 6.42 Å². The second-order valence-electron chi connectivity index (χ2n) is 8.65. The number of pyridine rings is 1. The number of benzene rings is 2. The van der Waals surface area contributed by atoms with E-state index in [1.807, 2.05) is 26.0 Å². The predicted octanol–water partition coefficient (Wildman–Crippen LogP) is 4.24. The number of nitrogens with one attached hydrogen (secondary N) is 1. The molecule has 202 valence electrons. The number of anilines is 3. The van der Waals surface area contributed by atoms with Crippen LogP contribution in [0.5, 0.6) is 5.75 Å². The number of carbonyl (C=O) groups is 2. The van der Waals surface area contributed by atoms with Gasteiger partial charge in [-0.25, -0.2) is 9.37 Å². The number of hydrazone groups is 1. The maximum absolute atomic E-state index is 15.3. The van der Waals surface area contributed by atoms with E-state index in [0.717, 1.165) is 11.4 Å². The summed E-state index contributed by atoms with van der Waals surface area (Å²) < 4.78 is 20.8. The van der Waals surface area contributed by atoms with Crippen LogP contribution in [-0.4, -0.2) is 74.8 Å². The fraction of sp³-hybridized carbons (Fsp3) is 0.214. The van der Waals surface area contributed by atoms with Gasteiger partial charge in [-0.05, 0) is 50.0 Å². The van der Waals surface area contributed by atoms with Crippen molar-refractivity contribution < 1.29 is 18.7 Å². The number of methoxy groups -OCH3 is 1. The zero-order valence-corrected chi connectivity index (χ0v) is 22.7. The molecule has 39 heavy (non-hydrogen) atoms. The van der Waals surface area contributed by atoms with Crippen molar-refractivity contribution in [3.05, 3.63) is 76.2 Å². The molecule has 3 aromatic rings. The van der Waals surface area contributed by atoms with E-state index in [1.165, 1.54) is 49.9 Å². The first-order valence-corrected chi connectivity index (χ1v) is 12.1. The summed E-state index contributed by atoms with van der Waals surface area (Å²) in [4.78, 5) is 32.7. The van der Waals surface area contributed by atoms with Gasteiger partial charge < -0.3 is 15.0 Å². The Morgan fingerprint density at radius 1 is 1.21 bits per heavy atom. The van der Waals surface area contributed by atoms with E-state index in [4.69, 9.17) is 22.8 Å². The first-order chi connectivity index (χ1) is 18.7. The van der Waals surface area contributed by atoms with E-state index >= 15 is 4.39 Å². The highest BCUT2D eigenvalue weighted by Crippen LogP contribution is 2.39. The lowest BCUT2D eigenvalue weighted by Gasteiger charge is -2.24. The lowest BCUT2D eigenvalue weighted by Crippen LogP contribution is -2.25. The van der Waals surface area contributed by atoms with E-state index < -0.39 is 11.7 Å². The number of amides is 2. The zero-order chi connectivity index (χ0) is 28.5. The molecule has 0 spiro atoms. The number of rotatable bonds is 11.